The fourth-order valence-electron chi connectivity index (χ4n) is 4.05. The van der Waals surface area contributed by atoms with E-state index in [1.54, 1.807) is 4.90 Å². The van der Waals surface area contributed by atoms with Gasteiger partial charge in [-0.2, -0.15) is 0 Å². The average molecular weight is 408 g/mol. The number of para-hydroxylation sites is 1. The molecule has 2 aliphatic rings. The molecule has 6 heteroatoms. The number of carbonyl (C=O) groups excluding carboxylic acids is 2. The Kier molecular flexibility index (Phi) is 5.41. The minimum atomic E-state index is -0.262. The van der Waals surface area contributed by atoms with Gasteiger partial charge in [0.25, 0.3) is 5.91 Å². The van der Waals surface area contributed by atoms with E-state index in [-0.39, 0.29) is 29.9 Å². The number of nitrogens with one attached hydrogen (secondary N) is 1. The third-order valence-corrected chi connectivity index (χ3v) is 5.55. The second-order valence-electron chi connectivity index (χ2n) is 8.79. The van der Waals surface area contributed by atoms with Gasteiger partial charge in [0.15, 0.2) is 18.1 Å². The Morgan fingerprint density at radius 2 is 2.00 bits per heavy atom. The Hall–Kier alpha value is -3.02. The summed E-state index contributed by atoms with van der Waals surface area (Å²) in [6.45, 7) is 7.07. The molecule has 2 aliphatic heterocycles. The van der Waals surface area contributed by atoms with E-state index >= 15 is 0 Å². The average Bonchev–Trinajstić information content (AvgIpc) is 3.23. The molecule has 1 unspecified atom stereocenters. The number of carbonyl (C=O) groups is 2. The molecule has 0 bridgehead atoms. The first-order valence-corrected chi connectivity index (χ1v) is 10.4. The molecule has 2 aromatic carbocycles. The highest BCUT2D eigenvalue weighted by atomic mass is 16.5. The molecule has 0 radical (unpaired) electrons. The zero-order chi connectivity index (χ0) is 21.3. The first-order chi connectivity index (χ1) is 14.3. The molecule has 2 amide bonds. The number of nitrogens with zero attached hydrogens (tertiary/aromatic N) is 1. The molecule has 1 fully saturated rings. The van der Waals surface area contributed by atoms with Crippen LogP contribution in [0, 0.1) is 12.8 Å². The van der Waals surface area contributed by atoms with Crippen molar-refractivity contribution in [2.45, 2.75) is 39.2 Å². The molecular weight excluding hydrogens is 380 g/mol. The molecule has 30 heavy (non-hydrogen) atoms. The van der Waals surface area contributed by atoms with Gasteiger partial charge in [0.05, 0.1) is 0 Å². The standard InChI is InChI=1S/C24H28N2O4/c1-16-7-9-19(10-8-16)26-14-17(11-22(26)28)13-25-21(27)15-29-20-6-4-5-18-12-24(2,3)30-23(18)20/h4-10,17H,11-15H2,1-3H3,(H,25,27). The van der Waals surface area contributed by atoms with E-state index in [0.29, 0.717) is 25.3 Å². The fraction of sp³-hybridized carbons (Fsp3) is 0.417. The highest BCUT2D eigenvalue weighted by molar-refractivity contribution is 5.95. The summed E-state index contributed by atoms with van der Waals surface area (Å²) in [4.78, 5) is 26.4. The fourth-order valence-corrected chi connectivity index (χ4v) is 4.05. The van der Waals surface area contributed by atoms with Crippen LogP contribution in [0.15, 0.2) is 42.5 Å². The van der Waals surface area contributed by atoms with Crippen LogP contribution in [0.2, 0.25) is 0 Å². The van der Waals surface area contributed by atoms with Gasteiger partial charge < -0.3 is 19.7 Å². The van der Waals surface area contributed by atoms with E-state index in [9.17, 15) is 9.59 Å². The topological polar surface area (TPSA) is 67.9 Å². The molecule has 2 aromatic rings. The first-order valence-electron chi connectivity index (χ1n) is 10.4. The van der Waals surface area contributed by atoms with Crippen molar-refractivity contribution in [3.8, 4) is 11.5 Å². The Bertz CT molecular complexity index is 952. The molecule has 6 nitrogen and oxygen atoms in total. The molecule has 0 saturated carbocycles. The molecule has 158 valence electrons. The minimum absolute atomic E-state index is 0.0808. The summed E-state index contributed by atoms with van der Waals surface area (Å²) in [6, 6.07) is 13.7. The van der Waals surface area contributed by atoms with Crippen molar-refractivity contribution in [3.05, 3.63) is 53.6 Å². The summed E-state index contributed by atoms with van der Waals surface area (Å²) >= 11 is 0. The molecule has 1 N–H and O–H groups in total. The van der Waals surface area contributed by atoms with Crippen LogP contribution in [-0.4, -0.2) is 37.1 Å². The van der Waals surface area contributed by atoms with E-state index in [1.165, 1.54) is 0 Å². The van der Waals surface area contributed by atoms with Gasteiger partial charge in [0.2, 0.25) is 5.91 Å². The number of fused-ring (bicyclic) bond motifs is 1. The van der Waals surface area contributed by atoms with E-state index in [2.05, 4.69) is 5.32 Å². The third-order valence-electron chi connectivity index (χ3n) is 5.55. The van der Waals surface area contributed by atoms with Gasteiger partial charge in [-0.25, -0.2) is 0 Å². The van der Waals surface area contributed by atoms with E-state index in [0.717, 1.165) is 29.0 Å². The summed E-state index contributed by atoms with van der Waals surface area (Å²) in [5.41, 5.74) is 2.90. The lowest BCUT2D eigenvalue weighted by Gasteiger charge is -2.18. The van der Waals surface area contributed by atoms with Crippen LogP contribution in [0.25, 0.3) is 0 Å². The zero-order valence-electron chi connectivity index (χ0n) is 17.7. The Morgan fingerprint density at radius 3 is 2.77 bits per heavy atom. The highest BCUT2D eigenvalue weighted by Gasteiger charge is 2.33. The van der Waals surface area contributed by atoms with Gasteiger partial charge in [0.1, 0.15) is 5.60 Å². The lowest BCUT2D eigenvalue weighted by atomic mass is 10.0. The zero-order valence-corrected chi connectivity index (χ0v) is 17.7. The van der Waals surface area contributed by atoms with Crippen molar-refractivity contribution in [2.24, 2.45) is 5.92 Å². The van der Waals surface area contributed by atoms with Crippen LogP contribution < -0.4 is 19.7 Å². The number of ether oxygens (including phenoxy) is 2. The molecule has 0 aromatic heterocycles. The number of amides is 2. The predicted octanol–water partition coefficient (Wildman–Crippen LogP) is 3.26. The van der Waals surface area contributed by atoms with Gasteiger partial charge in [-0.05, 0) is 39.0 Å². The number of rotatable bonds is 6. The van der Waals surface area contributed by atoms with Crippen LogP contribution in [0.4, 0.5) is 5.69 Å². The third kappa shape index (κ3) is 4.42. The summed E-state index contributed by atoms with van der Waals surface area (Å²) in [5.74, 6) is 1.30. The first kappa shape index (κ1) is 20.3. The van der Waals surface area contributed by atoms with Crippen molar-refractivity contribution in [3.63, 3.8) is 0 Å². The van der Waals surface area contributed by atoms with E-state index in [4.69, 9.17) is 9.47 Å². The Balaban J connectivity index is 1.27. The summed E-state index contributed by atoms with van der Waals surface area (Å²) in [7, 11) is 0. The number of hydrogen-bond acceptors (Lipinski definition) is 4. The lowest BCUT2D eigenvalue weighted by Crippen LogP contribution is -2.34. The quantitative estimate of drug-likeness (QED) is 0.797. The number of aryl methyl sites for hydroxylation is 1. The second kappa shape index (κ2) is 8.01. The molecular formula is C24H28N2O4. The predicted molar refractivity (Wildman–Crippen MR) is 115 cm³/mol. The highest BCUT2D eigenvalue weighted by Crippen LogP contribution is 2.41. The summed E-state index contributed by atoms with van der Waals surface area (Å²) in [5, 5.41) is 2.90. The molecule has 0 aliphatic carbocycles. The van der Waals surface area contributed by atoms with Gasteiger partial charge in [0, 0.05) is 43.1 Å². The van der Waals surface area contributed by atoms with Crippen LogP contribution in [-0.2, 0) is 16.0 Å². The second-order valence-corrected chi connectivity index (χ2v) is 8.79. The number of anilines is 1. The maximum atomic E-state index is 12.4. The van der Waals surface area contributed by atoms with Crippen LogP contribution in [0.5, 0.6) is 11.5 Å². The van der Waals surface area contributed by atoms with Gasteiger partial charge in [-0.1, -0.05) is 29.8 Å². The van der Waals surface area contributed by atoms with Crippen LogP contribution in [0.1, 0.15) is 31.4 Å². The van der Waals surface area contributed by atoms with Crippen molar-refractivity contribution < 1.29 is 19.1 Å². The van der Waals surface area contributed by atoms with Crippen LogP contribution in [0.3, 0.4) is 0 Å². The summed E-state index contributed by atoms with van der Waals surface area (Å²) in [6.07, 6.45) is 1.25. The lowest BCUT2D eigenvalue weighted by molar-refractivity contribution is -0.123. The maximum Gasteiger partial charge on any atom is 0.257 e. The molecule has 1 atom stereocenters. The summed E-state index contributed by atoms with van der Waals surface area (Å²) < 4.78 is 11.7. The molecule has 2 heterocycles. The smallest absolute Gasteiger partial charge is 0.257 e. The van der Waals surface area contributed by atoms with Crippen molar-refractivity contribution in [1.29, 1.82) is 0 Å². The monoisotopic (exact) mass is 408 g/mol. The van der Waals surface area contributed by atoms with Crippen molar-refractivity contribution >= 4 is 17.5 Å². The number of hydrogen-bond donors (Lipinski definition) is 1. The Morgan fingerprint density at radius 1 is 1.23 bits per heavy atom. The minimum Gasteiger partial charge on any atom is -0.483 e. The normalized spacial score (nSPS) is 19.4. The largest absolute Gasteiger partial charge is 0.483 e. The number of benzene rings is 2. The van der Waals surface area contributed by atoms with Crippen molar-refractivity contribution in [1.82, 2.24) is 5.32 Å². The van der Waals surface area contributed by atoms with Gasteiger partial charge in [-0.3, -0.25) is 9.59 Å². The SMILES string of the molecule is Cc1ccc(N2CC(CNC(=O)COc3cccc4c3OC(C)(C)C4)CC2=O)cc1. The van der Waals surface area contributed by atoms with E-state index in [1.807, 2.05) is 63.2 Å². The van der Waals surface area contributed by atoms with Crippen molar-refractivity contribution in [2.75, 3.05) is 24.6 Å². The van der Waals surface area contributed by atoms with Gasteiger partial charge in [-0.15, -0.1) is 0 Å². The van der Waals surface area contributed by atoms with Gasteiger partial charge >= 0.3 is 0 Å². The maximum absolute atomic E-state index is 12.4. The molecule has 0 spiro atoms. The molecule has 1 saturated heterocycles. The van der Waals surface area contributed by atoms with E-state index < -0.39 is 0 Å². The van der Waals surface area contributed by atoms with Crippen LogP contribution >= 0.6 is 0 Å². The Labute approximate surface area is 177 Å². The molecule has 4 rings (SSSR count).